The Hall–Kier alpha value is -2.16. The first kappa shape index (κ1) is 19.2. The van der Waals surface area contributed by atoms with Crippen molar-refractivity contribution in [3.63, 3.8) is 0 Å². The zero-order chi connectivity index (χ0) is 18.4. The molecule has 2 aromatic rings. The third kappa shape index (κ3) is 4.91. The minimum absolute atomic E-state index is 0.0928. The lowest BCUT2D eigenvalue weighted by molar-refractivity contribution is -0.0514. The molecule has 1 aromatic carbocycles. The van der Waals surface area contributed by atoms with E-state index in [9.17, 15) is 13.6 Å². The van der Waals surface area contributed by atoms with Crippen molar-refractivity contribution in [1.29, 1.82) is 0 Å². The van der Waals surface area contributed by atoms with Crippen molar-refractivity contribution in [3.8, 4) is 11.5 Å². The number of halogens is 3. The first-order chi connectivity index (χ1) is 12.0. The summed E-state index contributed by atoms with van der Waals surface area (Å²) < 4.78 is 37.1. The summed E-state index contributed by atoms with van der Waals surface area (Å²) in [5, 5.41) is 6.95. The van der Waals surface area contributed by atoms with E-state index in [1.807, 2.05) is 6.92 Å². The molecule has 25 heavy (non-hydrogen) atoms. The van der Waals surface area contributed by atoms with Crippen molar-refractivity contribution in [2.24, 2.45) is 0 Å². The zero-order valence-electron chi connectivity index (χ0n) is 13.8. The van der Waals surface area contributed by atoms with E-state index >= 15 is 0 Å². The number of carbonyl (C=O) groups excluding carboxylic acids is 1. The fourth-order valence-electron chi connectivity index (χ4n) is 2.21. The van der Waals surface area contributed by atoms with Crippen LogP contribution in [0.4, 0.5) is 8.78 Å². The molecular weight excluding hydrogens is 400 g/mol. The smallest absolute Gasteiger partial charge is 0.387 e. The van der Waals surface area contributed by atoms with E-state index in [0.29, 0.717) is 6.54 Å². The number of nitrogens with zero attached hydrogens (tertiary/aromatic N) is 2. The number of carbonyl (C=O) groups is 1. The SMILES string of the molecule is CCOc1cc(C(=O)NCc2c(Br)cnn2CC)ccc1OC(F)F. The van der Waals surface area contributed by atoms with Gasteiger partial charge in [-0.1, -0.05) is 0 Å². The summed E-state index contributed by atoms with van der Waals surface area (Å²) in [6, 6.07) is 4.07. The maximum Gasteiger partial charge on any atom is 0.387 e. The Bertz CT molecular complexity index is 737. The lowest BCUT2D eigenvalue weighted by atomic mass is 10.2. The Labute approximate surface area is 152 Å². The van der Waals surface area contributed by atoms with Crippen LogP contribution in [0.25, 0.3) is 0 Å². The van der Waals surface area contributed by atoms with Crippen molar-refractivity contribution in [3.05, 3.63) is 40.1 Å². The lowest BCUT2D eigenvalue weighted by Gasteiger charge is -2.13. The van der Waals surface area contributed by atoms with Gasteiger partial charge in [0.25, 0.3) is 5.91 Å². The number of hydrogen-bond donors (Lipinski definition) is 1. The number of amides is 1. The second-order valence-electron chi connectivity index (χ2n) is 4.91. The fraction of sp³-hybridized carbons (Fsp3) is 0.375. The number of rotatable bonds is 8. The summed E-state index contributed by atoms with van der Waals surface area (Å²) in [4.78, 5) is 12.3. The predicted octanol–water partition coefficient (Wildman–Crippen LogP) is 3.60. The molecule has 0 aliphatic heterocycles. The molecule has 2 rings (SSSR count). The molecule has 9 heteroatoms. The van der Waals surface area contributed by atoms with Crippen LogP contribution in [0.2, 0.25) is 0 Å². The van der Waals surface area contributed by atoms with E-state index in [4.69, 9.17) is 4.74 Å². The molecule has 0 spiro atoms. The molecule has 0 bridgehead atoms. The van der Waals surface area contributed by atoms with Gasteiger partial charge in [-0.3, -0.25) is 9.48 Å². The van der Waals surface area contributed by atoms with Crippen molar-refractivity contribution in [2.75, 3.05) is 6.61 Å². The first-order valence-corrected chi connectivity index (χ1v) is 8.45. The third-order valence-corrected chi connectivity index (χ3v) is 4.00. The van der Waals surface area contributed by atoms with Crippen molar-refractivity contribution in [1.82, 2.24) is 15.1 Å². The number of ether oxygens (including phenoxy) is 2. The van der Waals surface area contributed by atoms with Crippen LogP contribution in [0.3, 0.4) is 0 Å². The van der Waals surface area contributed by atoms with Crippen LogP contribution in [-0.2, 0) is 13.1 Å². The van der Waals surface area contributed by atoms with Gasteiger partial charge < -0.3 is 14.8 Å². The Morgan fingerprint density at radius 2 is 2.12 bits per heavy atom. The summed E-state index contributed by atoms with van der Waals surface area (Å²) in [6.07, 6.45) is 1.66. The molecule has 1 amide bonds. The van der Waals surface area contributed by atoms with E-state index in [-0.39, 0.29) is 36.1 Å². The third-order valence-electron chi connectivity index (χ3n) is 3.34. The van der Waals surface area contributed by atoms with Crippen LogP contribution >= 0.6 is 15.9 Å². The molecule has 0 saturated carbocycles. The van der Waals surface area contributed by atoms with Crippen LogP contribution in [-0.4, -0.2) is 28.9 Å². The molecule has 1 N–H and O–H groups in total. The molecule has 0 saturated heterocycles. The van der Waals surface area contributed by atoms with Gasteiger partial charge in [0, 0.05) is 12.1 Å². The molecule has 6 nitrogen and oxygen atoms in total. The predicted molar refractivity (Wildman–Crippen MR) is 91.0 cm³/mol. The first-order valence-electron chi connectivity index (χ1n) is 7.66. The van der Waals surface area contributed by atoms with Gasteiger partial charge in [0.1, 0.15) is 0 Å². The number of aryl methyl sites for hydroxylation is 1. The second kappa shape index (κ2) is 8.80. The van der Waals surface area contributed by atoms with E-state index in [0.717, 1.165) is 10.2 Å². The number of aromatic nitrogens is 2. The molecule has 1 heterocycles. The molecule has 0 radical (unpaired) electrons. The Morgan fingerprint density at radius 3 is 2.76 bits per heavy atom. The quantitative estimate of drug-likeness (QED) is 0.712. The molecule has 0 aliphatic rings. The highest BCUT2D eigenvalue weighted by atomic mass is 79.9. The maximum absolute atomic E-state index is 12.4. The van der Waals surface area contributed by atoms with Gasteiger partial charge >= 0.3 is 6.61 Å². The van der Waals surface area contributed by atoms with E-state index < -0.39 is 6.61 Å². The molecular formula is C16H18BrF2N3O3. The van der Waals surface area contributed by atoms with Gasteiger partial charge in [-0.2, -0.15) is 13.9 Å². The number of nitrogens with one attached hydrogen (secondary N) is 1. The summed E-state index contributed by atoms with van der Waals surface area (Å²) >= 11 is 3.39. The Balaban J connectivity index is 2.13. The zero-order valence-corrected chi connectivity index (χ0v) is 15.3. The van der Waals surface area contributed by atoms with Gasteiger partial charge in [-0.05, 0) is 48.0 Å². The van der Waals surface area contributed by atoms with Crippen molar-refractivity contribution < 1.29 is 23.0 Å². The molecule has 0 unspecified atom stereocenters. The highest BCUT2D eigenvalue weighted by Gasteiger charge is 2.15. The topological polar surface area (TPSA) is 65.4 Å². The maximum atomic E-state index is 12.4. The van der Waals surface area contributed by atoms with Gasteiger partial charge in [0.05, 0.1) is 29.5 Å². The largest absolute Gasteiger partial charge is 0.490 e. The average Bonchev–Trinajstić information content (AvgIpc) is 2.94. The summed E-state index contributed by atoms with van der Waals surface area (Å²) in [6.45, 7) is 1.89. The number of alkyl halides is 2. The van der Waals surface area contributed by atoms with Crippen molar-refractivity contribution in [2.45, 2.75) is 33.5 Å². The standard InChI is InChI=1S/C16H18BrF2N3O3/c1-3-22-12(11(17)8-21-22)9-20-15(23)10-5-6-13(25-16(18)19)14(7-10)24-4-2/h5-8,16H,3-4,9H2,1-2H3,(H,20,23). The molecule has 0 aliphatic carbocycles. The lowest BCUT2D eigenvalue weighted by Crippen LogP contribution is -2.24. The summed E-state index contributed by atoms with van der Waals surface area (Å²) in [5.41, 5.74) is 1.11. The molecule has 136 valence electrons. The van der Waals surface area contributed by atoms with Gasteiger partial charge in [-0.15, -0.1) is 0 Å². The highest BCUT2D eigenvalue weighted by molar-refractivity contribution is 9.10. The van der Waals surface area contributed by atoms with E-state index in [2.05, 4.69) is 31.1 Å². The minimum atomic E-state index is -2.97. The minimum Gasteiger partial charge on any atom is -0.490 e. The van der Waals surface area contributed by atoms with Gasteiger partial charge in [0.15, 0.2) is 11.5 Å². The number of hydrogen-bond acceptors (Lipinski definition) is 4. The summed E-state index contributed by atoms with van der Waals surface area (Å²) in [5.74, 6) is -0.379. The van der Waals surface area contributed by atoms with Gasteiger partial charge in [0.2, 0.25) is 0 Å². The highest BCUT2D eigenvalue weighted by Crippen LogP contribution is 2.30. The monoisotopic (exact) mass is 417 g/mol. The van der Waals surface area contributed by atoms with Crippen LogP contribution < -0.4 is 14.8 Å². The normalized spacial score (nSPS) is 10.8. The molecule has 0 atom stereocenters. The second-order valence-corrected chi connectivity index (χ2v) is 5.77. The summed E-state index contributed by atoms with van der Waals surface area (Å²) in [7, 11) is 0. The van der Waals surface area contributed by atoms with E-state index in [1.54, 1.807) is 17.8 Å². The number of benzene rings is 1. The van der Waals surface area contributed by atoms with Crippen molar-refractivity contribution >= 4 is 21.8 Å². The van der Waals surface area contributed by atoms with Crippen LogP contribution in [0.1, 0.15) is 29.9 Å². The molecule has 0 fully saturated rings. The fourth-order valence-corrected chi connectivity index (χ4v) is 2.65. The van der Waals surface area contributed by atoms with Crippen LogP contribution in [0.15, 0.2) is 28.9 Å². The Kier molecular flexibility index (Phi) is 6.74. The van der Waals surface area contributed by atoms with Crippen LogP contribution in [0, 0.1) is 0 Å². The van der Waals surface area contributed by atoms with Gasteiger partial charge in [-0.25, -0.2) is 0 Å². The van der Waals surface area contributed by atoms with E-state index in [1.165, 1.54) is 18.2 Å². The molecule has 1 aromatic heterocycles. The average molecular weight is 418 g/mol. The Morgan fingerprint density at radius 1 is 1.36 bits per heavy atom. The van der Waals surface area contributed by atoms with Crippen LogP contribution in [0.5, 0.6) is 11.5 Å².